The summed E-state index contributed by atoms with van der Waals surface area (Å²) in [5, 5.41) is 3.05. The first-order chi connectivity index (χ1) is 12.4. The Hall–Kier alpha value is 0.0439. The van der Waals surface area contributed by atoms with Crippen molar-refractivity contribution in [2.45, 2.75) is 64.7 Å². The van der Waals surface area contributed by atoms with Crippen LogP contribution >= 0.6 is 0 Å². The van der Waals surface area contributed by atoms with Crippen LogP contribution in [0.4, 0.5) is 0 Å². The number of hydrogen-bond donors (Lipinski definition) is 0. The minimum absolute atomic E-state index is 0. The molecule has 160 valence electrons. The van der Waals surface area contributed by atoms with Crippen molar-refractivity contribution in [3.05, 3.63) is 46.8 Å². The molecular weight excluding hydrogens is 565 g/mol. The maximum absolute atomic E-state index is 3.50. The summed E-state index contributed by atoms with van der Waals surface area (Å²) in [6.07, 6.45) is 23.7. The first-order valence-corrected chi connectivity index (χ1v) is 16.4. The molecule has 0 aromatic heterocycles. The molecule has 29 heavy (non-hydrogen) atoms. The third-order valence-electron chi connectivity index (χ3n) is 6.50. The second-order valence-corrected chi connectivity index (χ2v) is 17.5. The molecule has 2 aliphatic heterocycles. The molecule has 0 amide bonds. The van der Waals surface area contributed by atoms with Gasteiger partial charge in [-0.15, -0.1) is 12.8 Å². The van der Waals surface area contributed by atoms with E-state index >= 15 is 0 Å². The van der Waals surface area contributed by atoms with Crippen molar-refractivity contribution in [2.75, 3.05) is 26.2 Å². The molecule has 0 aromatic rings. The molecule has 0 aromatic carbocycles. The maximum atomic E-state index is 3.50. The molecule has 0 atom stereocenters. The Kier molecular flexibility index (Phi) is 12.8. The summed E-state index contributed by atoms with van der Waals surface area (Å²) < 4.78 is 5.43. The van der Waals surface area contributed by atoms with Crippen LogP contribution < -0.4 is 9.41 Å². The van der Waals surface area contributed by atoms with Crippen LogP contribution in [0.15, 0.2) is 34.7 Å². The largest absolute Gasteiger partial charge is 4.00 e. The van der Waals surface area contributed by atoms with Gasteiger partial charge in [0.15, 0.2) is 0 Å². The molecule has 0 saturated carbocycles. The minimum Gasteiger partial charge on any atom is -1.00 e. The Labute approximate surface area is 197 Å². The van der Waals surface area contributed by atoms with Gasteiger partial charge in [-0.05, 0) is 51.9 Å². The van der Waals surface area contributed by atoms with Gasteiger partial charge in [-0.1, -0.05) is 26.2 Å². The Morgan fingerprint density at radius 2 is 0.966 bits per heavy atom. The van der Waals surface area contributed by atoms with Gasteiger partial charge in [0.2, 0.25) is 0 Å². The van der Waals surface area contributed by atoms with Gasteiger partial charge in [0, 0.05) is 0 Å². The number of rotatable bonds is 4. The average Bonchev–Trinajstić information content (AvgIpc) is 3.47. The van der Waals surface area contributed by atoms with Gasteiger partial charge in [0.25, 0.3) is 0 Å². The molecule has 2 aliphatic carbocycles. The second kappa shape index (κ2) is 12.8. The van der Waals surface area contributed by atoms with Gasteiger partial charge in [0.05, 0.1) is 0 Å². The molecule has 2 saturated heterocycles. The summed E-state index contributed by atoms with van der Waals surface area (Å²) in [5.41, 5.74) is 0. The zero-order valence-electron chi connectivity index (χ0n) is 18.5. The summed E-state index contributed by atoms with van der Waals surface area (Å²) in [5.74, 6) is 0. The molecule has 0 radical (unpaired) electrons. The predicted octanol–water partition coefficient (Wildman–Crippen LogP) is -0.963. The fraction of sp³-hybridized carbons (Fsp3) is 0.636. The summed E-state index contributed by atoms with van der Waals surface area (Å²) >= 11 is 0. The van der Waals surface area contributed by atoms with E-state index in [0.29, 0.717) is 0 Å². The van der Waals surface area contributed by atoms with E-state index in [1.807, 2.05) is 0 Å². The van der Waals surface area contributed by atoms with Gasteiger partial charge in [0.1, 0.15) is 16.5 Å². The van der Waals surface area contributed by atoms with E-state index in [-0.39, 0.29) is 35.3 Å². The van der Waals surface area contributed by atoms with Crippen LogP contribution in [0.2, 0.25) is 26.2 Å². The summed E-state index contributed by atoms with van der Waals surface area (Å²) in [6, 6.07) is 0. The van der Waals surface area contributed by atoms with Crippen molar-refractivity contribution in [1.29, 1.82) is 0 Å². The molecule has 0 bridgehead atoms. The Morgan fingerprint density at radius 1 is 0.655 bits per heavy atom. The van der Waals surface area contributed by atoms with Gasteiger partial charge in [-0.3, -0.25) is 12.2 Å². The van der Waals surface area contributed by atoms with Crippen LogP contribution in [0.25, 0.3) is 0 Å². The van der Waals surface area contributed by atoms with Crippen molar-refractivity contribution in [3.8, 4) is 0 Å². The summed E-state index contributed by atoms with van der Waals surface area (Å²) in [4.78, 5) is 0. The summed E-state index contributed by atoms with van der Waals surface area (Å²) in [6.45, 7) is 15.1. The SMILES string of the molecule is C[Si](C)(C1=[C-]CC=C1)N1CCCC1.C[Si](C)(C1=[C-]CC=C1)N1CCCC1.[F-].[F-].[Hf+4]. The third-order valence-corrected chi connectivity index (χ3v) is 13.9. The van der Waals surface area contributed by atoms with E-state index in [4.69, 9.17) is 0 Å². The molecule has 7 heteroatoms. The zero-order valence-corrected chi connectivity index (χ0v) is 24.1. The molecule has 0 N–H and O–H groups in total. The van der Waals surface area contributed by atoms with E-state index in [2.05, 4.69) is 71.8 Å². The molecule has 4 aliphatic rings. The van der Waals surface area contributed by atoms with Crippen LogP contribution in [-0.2, 0) is 25.8 Å². The molecule has 2 heterocycles. The third kappa shape index (κ3) is 7.02. The van der Waals surface area contributed by atoms with Crippen molar-refractivity contribution in [3.63, 3.8) is 0 Å². The average molecular weight is 601 g/mol. The number of allylic oxidation sites excluding steroid dienone is 8. The molecule has 0 unspecified atom stereocenters. The summed E-state index contributed by atoms with van der Waals surface area (Å²) in [7, 11) is -2.57. The number of nitrogens with zero attached hydrogens (tertiary/aromatic N) is 2. The Balaban J connectivity index is 0.000000490. The minimum atomic E-state index is -1.29. The molecule has 4 rings (SSSR count). The Bertz CT molecular complexity index is 564. The van der Waals surface area contributed by atoms with Gasteiger partial charge in [-0.2, -0.15) is 12.2 Å². The smallest absolute Gasteiger partial charge is 1.00 e. The van der Waals surface area contributed by atoms with Crippen molar-refractivity contribution >= 4 is 16.5 Å². The maximum Gasteiger partial charge on any atom is 4.00 e. The predicted molar refractivity (Wildman–Crippen MR) is 118 cm³/mol. The number of hydrogen-bond acceptors (Lipinski definition) is 2. The second-order valence-electron chi connectivity index (χ2n) is 8.90. The fourth-order valence-electron chi connectivity index (χ4n) is 4.54. The van der Waals surface area contributed by atoms with E-state index < -0.39 is 16.5 Å². The first kappa shape index (κ1) is 29.0. The van der Waals surface area contributed by atoms with E-state index in [0.717, 1.165) is 12.8 Å². The van der Waals surface area contributed by atoms with E-state index in [1.165, 1.54) is 62.3 Å². The van der Waals surface area contributed by atoms with Gasteiger partial charge in [-0.25, -0.2) is 22.5 Å². The van der Waals surface area contributed by atoms with E-state index in [1.54, 1.807) is 0 Å². The topological polar surface area (TPSA) is 6.48 Å². The monoisotopic (exact) mass is 602 g/mol. The zero-order chi connectivity index (χ0) is 18.6. The van der Waals surface area contributed by atoms with Crippen molar-refractivity contribution in [2.24, 2.45) is 0 Å². The van der Waals surface area contributed by atoms with Gasteiger partial charge < -0.3 is 18.5 Å². The molecule has 2 nitrogen and oxygen atoms in total. The molecule has 0 spiro atoms. The van der Waals surface area contributed by atoms with E-state index in [9.17, 15) is 0 Å². The quantitative estimate of drug-likeness (QED) is 0.303. The van der Waals surface area contributed by atoms with Crippen LogP contribution in [0, 0.1) is 12.2 Å². The molecular formula is C22H36F2HfN2Si2. The first-order valence-electron chi connectivity index (χ1n) is 10.5. The standard InChI is InChI=1S/2C11H18NSi.2FH.Hf/c2*1-13(2,11-7-3-4-8-11)12-9-5-6-10-12;;;/h2*3,7H,4-6,9-10H2,1-2H3;2*1H;/q2*-1;;;+4/p-2. The normalized spacial score (nSPS) is 21.5. The molecule has 2 fully saturated rings. The fourth-order valence-corrected chi connectivity index (χ4v) is 10.2. The van der Waals surface area contributed by atoms with Crippen LogP contribution in [-0.4, -0.2) is 51.8 Å². The Morgan fingerprint density at radius 3 is 1.21 bits per heavy atom. The van der Waals surface area contributed by atoms with Crippen LogP contribution in [0.1, 0.15) is 38.5 Å². The van der Waals surface area contributed by atoms with Crippen molar-refractivity contribution in [1.82, 2.24) is 9.13 Å². The number of halogens is 2. The van der Waals surface area contributed by atoms with Crippen LogP contribution in [0.5, 0.6) is 0 Å². The van der Waals surface area contributed by atoms with Crippen LogP contribution in [0.3, 0.4) is 0 Å². The van der Waals surface area contributed by atoms with Crippen molar-refractivity contribution < 1.29 is 35.3 Å². The van der Waals surface area contributed by atoms with Gasteiger partial charge >= 0.3 is 25.8 Å².